The molecule has 3 aromatic rings. The standard InChI is InChI=1S/C24H21NO3S/c1-16-7-10-19(11-8-16)29(27,28)25-14-13-20-21(25)15-18-9-12-22(26)24(18)23(20)17-5-3-2-4-6-17/h2-8,10-11,13-14,18H,9,12,15H2,1H3. The summed E-state index contributed by atoms with van der Waals surface area (Å²) in [6.45, 7) is 1.93. The molecule has 0 spiro atoms. The van der Waals surface area contributed by atoms with Crippen molar-refractivity contribution in [2.45, 2.75) is 31.1 Å². The molecule has 2 aliphatic rings. The van der Waals surface area contributed by atoms with E-state index in [1.54, 1.807) is 18.3 Å². The molecule has 0 radical (unpaired) electrons. The minimum Gasteiger partial charge on any atom is -0.295 e. The van der Waals surface area contributed by atoms with Gasteiger partial charge in [0.25, 0.3) is 10.0 Å². The second-order valence-corrected chi connectivity index (χ2v) is 9.62. The molecule has 5 heteroatoms. The fraction of sp³-hybridized carbons (Fsp3) is 0.208. The van der Waals surface area contributed by atoms with Gasteiger partial charge in [0.1, 0.15) is 0 Å². The van der Waals surface area contributed by atoms with Crippen molar-refractivity contribution in [3.63, 3.8) is 0 Å². The molecule has 29 heavy (non-hydrogen) atoms. The Bertz CT molecular complexity index is 1250. The molecular formula is C24H21NO3S. The number of carbonyl (C=O) groups is 1. The summed E-state index contributed by atoms with van der Waals surface area (Å²) >= 11 is 0. The molecule has 1 heterocycles. The molecular weight excluding hydrogens is 382 g/mol. The third-order valence-corrected chi connectivity index (χ3v) is 7.73. The van der Waals surface area contributed by atoms with Crippen LogP contribution >= 0.6 is 0 Å². The molecule has 146 valence electrons. The van der Waals surface area contributed by atoms with Gasteiger partial charge in [-0.2, -0.15) is 0 Å². The Morgan fingerprint density at radius 2 is 1.69 bits per heavy atom. The molecule has 0 saturated heterocycles. The number of hydrogen-bond acceptors (Lipinski definition) is 3. The first-order chi connectivity index (χ1) is 14.0. The van der Waals surface area contributed by atoms with Crippen LogP contribution in [0.5, 0.6) is 0 Å². The number of Topliss-reactive ketones (excluding diaryl/α,β-unsaturated/α-hetero) is 1. The molecule has 5 rings (SSSR count). The minimum atomic E-state index is -3.69. The van der Waals surface area contributed by atoms with Crippen molar-refractivity contribution >= 4 is 21.4 Å². The topological polar surface area (TPSA) is 56.1 Å². The van der Waals surface area contributed by atoms with E-state index in [2.05, 4.69) is 0 Å². The maximum atomic E-state index is 13.4. The van der Waals surface area contributed by atoms with Gasteiger partial charge in [-0.1, -0.05) is 48.0 Å². The van der Waals surface area contributed by atoms with E-state index in [-0.39, 0.29) is 16.6 Å². The van der Waals surface area contributed by atoms with Gasteiger partial charge in [0, 0.05) is 29.4 Å². The van der Waals surface area contributed by atoms with Crippen LogP contribution in [0.4, 0.5) is 0 Å². The lowest BCUT2D eigenvalue weighted by molar-refractivity contribution is -0.114. The predicted octanol–water partition coefficient (Wildman–Crippen LogP) is 4.37. The molecule has 1 fully saturated rings. The monoisotopic (exact) mass is 403 g/mol. The Hall–Kier alpha value is -2.92. The number of ketones is 1. The molecule has 4 nitrogen and oxygen atoms in total. The molecule has 0 N–H and O–H groups in total. The second kappa shape index (κ2) is 6.56. The number of rotatable bonds is 3. The SMILES string of the molecule is Cc1ccc(S(=O)(=O)n2ccc3c2CC2CCC(=O)C2=C3c2ccccc2)cc1. The average molecular weight is 404 g/mol. The largest absolute Gasteiger partial charge is 0.295 e. The van der Waals surface area contributed by atoms with Gasteiger partial charge in [-0.25, -0.2) is 12.4 Å². The zero-order chi connectivity index (χ0) is 20.2. The van der Waals surface area contributed by atoms with Crippen LogP contribution in [0.3, 0.4) is 0 Å². The van der Waals surface area contributed by atoms with Gasteiger partial charge < -0.3 is 0 Å². The van der Waals surface area contributed by atoms with E-state index in [9.17, 15) is 13.2 Å². The lowest BCUT2D eigenvalue weighted by Crippen LogP contribution is -2.21. The van der Waals surface area contributed by atoms with Crippen molar-refractivity contribution in [1.82, 2.24) is 3.97 Å². The van der Waals surface area contributed by atoms with Crippen LogP contribution in [-0.4, -0.2) is 18.2 Å². The van der Waals surface area contributed by atoms with Crippen LogP contribution < -0.4 is 0 Å². The number of allylic oxidation sites excluding steroid dienone is 1. The quantitative estimate of drug-likeness (QED) is 0.652. The second-order valence-electron chi connectivity index (χ2n) is 7.81. The average Bonchev–Trinajstić information content (AvgIpc) is 3.31. The van der Waals surface area contributed by atoms with Gasteiger partial charge in [-0.05, 0) is 55.0 Å². The summed E-state index contributed by atoms with van der Waals surface area (Å²) in [5, 5.41) is 0. The smallest absolute Gasteiger partial charge is 0.267 e. The number of hydrogen-bond donors (Lipinski definition) is 0. The number of fused-ring (bicyclic) bond motifs is 2. The van der Waals surface area contributed by atoms with Crippen LogP contribution in [0.25, 0.3) is 5.57 Å². The summed E-state index contributed by atoms with van der Waals surface area (Å²) in [5.41, 5.74) is 5.38. The Balaban J connectivity index is 1.72. The minimum absolute atomic E-state index is 0.0760. The Morgan fingerprint density at radius 1 is 0.966 bits per heavy atom. The molecule has 1 unspecified atom stereocenters. The van der Waals surface area contributed by atoms with Crippen LogP contribution in [-0.2, 0) is 21.2 Å². The highest BCUT2D eigenvalue weighted by molar-refractivity contribution is 7.90. The van der Waals surface area contributed by atoms with Crippen molar-refractivity contribution in [3.8, 4) is 0 Å². The highest BCUT2D eigenvalue weighted by Gasteiger charge is 2.39. The molecule has 2 aliphatic carbocycles. The Kier molecular flexibility index (Phi) is 4.10. The third kappa shape index (κ3) is 2.80. The molecule has 1 atom stereocenters. The molecule has 2 aromatic carbocycles. The van der Waals surface area contributed by atoms with E-state index in [0.29, 0.717) is 12.8 Å². The maximum Gasteiger partial charge on any atom is 0.267 e. The van der Waals surface area contributed by atoms with Crippen LogP contribution in [0, 0.1) is 12.8 Å². The van der Waals surface area contributed by atoms with E-state index in [0.717, 1.165) is 40.0 Å². The summed E-state index contributed by atoms with van der Waals surface area (Å²) in [5.74, 6) is 0.265. The van der Waals surface area contributed by atoms with E-state index in [1.165, 1.54) is 3.97 Å². The third-order valence-electron chi connectivity index (χ3n) is 6.00. The predicted molar refractivity (Wildman–Crippen MR) is 112 cm³/mol. The zero-order valence-corrected chi connectivity index (χ0v) is 16.9. The first-order valence-electron chi connectivity index (χ1n) is 9.82. The fourth-order valence-electron chi connectivity index (χ4n) is 4.58. The lowest BCUT2D eigenvalue weighted by Gasteiger charge is -2.25. The fourth-order valence-corrected chi connectivity index (χ4v) is 5.97. The van der Waals surface area contributed by atoms with Crippen LogP contribution in [0.15, 0.2) is 77.3 Å². The lowest BCUT2D eigenvalue weighted by atomic mass is 9.80. The molecule has 0 amide bonds. The maximum absolute atomic E-state index is 13.4. The molecule has 0 bridgehead atoms. The van der Waals surface area contributed by atoms with Gasteiger partial charge in [-0.3, -0.25) is 4.79 Å². The zero-order valence-electron chi connectivity index (χ0n) is 16.1. The summed E-state index contributed by atoms with van der Waals surface area (Å²) in [6.07, 6.45) is 3.52. The van der Waals surface area contributed by atoms with Gasteiger partial charge in [0.15, 0.2) is 5.78 Å². The summed E-state index contributed by atoms with van der Waals surface area (Å²) in [4.78, 5) is 13.0. The van der Waals surface area contributed by atoms with Gasteiger partial charge >= 0.3 is 0 Å². The number of aromatic nitrogens is 1. The normalized spacial score (nSPS) is 18.7. The summed E-state index contributed by atoms with van der Waals surface area (Å²) in [7, 11) is -3.69. The number of nitrogens with zero attached hydrogens (tertiary/aromatic N) is 1. The van der Waals surface area contributed by atoms with Gasteiger partial charge in [-0.15, -0.1) is 0 Å². The molecule has 1 saturated carbocycles. The highest BCUT2D eigenvalue weighted by atomic mass is 32.2. The van der Waals surface area contributed by atoms with Crippen LogP contribution in [0.2, 0.25) is 0 Å². The van der Waals surface area contributed by atoms with E-state index in [4.69, 9.17) is 0 Å². The first kappa shape index (κ1) is 18.1. The number of aryl methyl sites for hydroxylation is 1. The Labute approximate surface area is 170 Å². The molecule has 1 aromatic heterocycles. The summed E-state index contributed by atoms with van der Waals surface area (Å²) in [6, 6.07) is 18.6. The first-order valence-corrected chi connectivity index (χ1v) is 11.3. The number of benzene rings is 2. The summed E-state index contributed by atoms with van der Waals surface area (Å²) < 4.78 is 28.1. The van der Waals surface area contributed by atoms with E-state index >= 15 is 0 Å². The van der Waals surface area contributed by atoms with Crippen molar-refractivity contribution in [2.75, 3.05) is 0 Å². The van der Waals surface area contributed by atoms with Crippen molar-refractivity contribution in [2.24, 2.45) is 5.92 Å². The van der Waals surface area contributed by atoms with E-state index in [1.807, 2.05) is 55.5 Å². The number of carbonyl (C=O) groups excluding carboxylic acids is 1. The van der Waals surface area contributed by atoms with Gasteiger partial charge in [0.2, 0.25) is 0 Å². The van der Waals surface area contributed by atoms with Crippen molar-refractivity contribution in [1.29, 1.82) is 0 Å². The Morgan fingerprint density at radius 3 is 2.41 bits per heavy atom. The van der Waals surface area contributed by atoms with Crippen molar-refractivity contribution in [3.05, 3.63) is 94.8 Å². The van der Waals surface area contributed by atoms with Gasteiger partial charge in [0.05, 0.1) is 4.90 Å². The molecule has 0 aliphatic heterocycles. The highest BCUT2D eigenvalue weighted by Crippen LogP contribution is 2.45. The van der Waals surface area contributed by atoms with E-state index < -0.39 is 10.0 Å². The van der Waals surface area contributed by atoms with Crippen LogP contribution in [0.1, 0.15) is 35.2 Å². The van der Waals surface area contributed by atoms with Crippen molar-refractivity contribution < 1.29 is 13.2 Å².